The van der Waals surface area contributed by atoms with Gasteiger partial charge < -0.3 is 10.2 Å². The number of aliphatic hydroxyl groups excluding tert-OH is 2. The third-order valence-electron chi connectivity index (χ3n) is 1.45. The van der Waals surface area contributed by atoms with Gasteiger partial charge in [-0.3, -0.25) is 10.1 Å². The molecule has 0 rings (SSSR count). The molecule has 0 aliphatic rings. The maximum absolute atomic E-state index is 10.4. The van der Waals surface area contributed by atoms with Crippen molar-refractivity contribution in [3.63, 3.8) is 0 Å². The van der Waals surface area contributed by atoms with E-state index in [0.717, 1.165) is 0 Å². The monoisotopic (exact) mass is 275 g/mol. The van der Waals surface area contributed by atoms with E-state index in [1.807, 2.05) is 0 Å². The van der Waals surface area contributed by atoms with Crippen LogP contribution in [0.25, 0.3) is 0 Å². The van der Waals surface area contributed by atoms with Crippen molar-refractivity contribution in [2.24, 2.45) is 0 Å². The smallest absolute Gasteiger partial charge is 0.319 e. The molecule has 11 heavy (non-hydrogen) atoms. The Balaban J connectivity index is 4.67. The molecule has 0 amide bonds. The lowest BCUT2D eigenvalue weighted by molar-refractivity contribution is -0.553. The van der Waals surface area contributed by atoms with Gasteiger partial charge in [-0.25, -0.2) is 0 Å². The third kappa shape index (κ3) is 2.00. The molecule has 0 saturated carbocycles. The summed E-state index contributed by atoms with van der Waals surface area (Å²) in [6, 6.07) is 0. The Morgan fingerprint density at radius 2 is 1.73 bits per heavy atom. The minimum absolute atomic E-state index is 0.678. The fourth-order valence-corrected chi connectivity index (χ4v) is 0.654. The zero-order valence-electron chi connectivity index (χ0n) is 6.19. The molecule has 0 aromatic carbocycles. The standard InChI is InChI=1S/C5H10INO4/c1-3(8)5(6,4(2)9)7(10)11/h3-4,8-9H,1-2H3. The number of aliphatic hydroxyl groups is 2. The van der Waals surface area contributed by atoms with E-state index in [4.69, 9.17) is 10.2 Å². The van der Waals surface area contributed by atoms with Gasteiger partial charge in [0, 0.05) is 27.5 Å². The number of nitro groups is 1. The number of hydrogen-bond donors (Lipinski definition) is 2. The molecule has 6 heteroatoms. The molecule has 2 N–H and O–H groups in total. The van der Waals surface area contributed by atoms with Crippen LogP contribution in [-0.2, 0) is 0 Å². The normalized spacial score (nSPS) is 21.9. The van der Waals surface area contributed by atoms with Crippen molar-refractivity contribution >= 4 is 22.6 Å². The van der Waals surface area contributed by atoms with E-state index in [2.05, 4.69) is 0 Å². The Hall–Kier alpha value is 0.0500. The number of rotatable bonds is 3. The summed E-state index contributed by atoms with van der Waals surface area (Å²) in [6.07, 6.45) is -2.36. The number of halogens is 1. The van der Waals surface area contributed by atoms with Crippen molar-refractivity contribution in [1.29, 1.82) is 0 Å². The maximum Gasteiger partial charge on any atom is 0.319 e. The first-order valence-corrected chi connectivity index (χ1v) is 4.10. The van der Waals surface area contributed by atoms with Gasteiger partial charge in [-0.05, 0) is 13.8 Å². The first-order valence-electron chi connectivity index (χ1n) is 3.03. The van der Waals surface area contributed by atoms with Crippen molar-refractivity contribution in [3.8, 4) is 0 Å². The Morgan fingerprint density at radius 1 is 1.45 bits per heavy atom. The largest absolute Gasteiger partial charge is 0.385 e. The molecule has 0 saturated heterocycles. The van der Waals surface area contributed by atoms with Gasteiger partial charge in [0.05, 0.1) is 0 Å². The first kappa shape index (κ1) is 11.1. The van der Waals surface area contributed by atoms with E-state index in [0.29, 0.717) is 0 Å². The molecule has 0 fully saturated rings. The van der Waals surface area contributed by atoms with E-state index >= 15 is 0 Å². The van der Waals surface area contributed by atoms with Crippen LogP contribution >= 0.6 is 22.6 Å². The summed E-state index contributed by atoms with van der Waals surface area (Å²) in [5, 5.41) is 28.4. The molecule has 2 unspecified atom stereocenters. The second kappa shape index (κ2) is 3.63. The van der Waals surface area contributed by atoms with Crippen LogP contribution in [0.5, 0.6) is 0 Å². The highest BCUT2D eigenvalue weighted by Crippen LogP contribution is 2.28. The summed E-state index contributed by atoms with van der Waals surface area (Å²) in [4.78, 5) is 9.70. The quantitative estimate of drug-likeness (QED) is 0.252. The first-order chi connectivity index (χ1) is 4.83. The van der Waals surface area contributed by atoms with Crippen LogP contribution in [0.3, 0.4) is 0 Å². The maximum atomic E-state index is 10.4. The topological polar surface area (TPSA) is 83.6 Å². The molecule has 0 aromatic heterocycles. The predicted molar refractivity (Wildman–Crippen MR) is 47.1 cm³/mol. The fourth-order valence-electron chi connectivity index (χ4n) is 0.654. The highest BCUT2D eigenvalue weighted by molar-refractivity contribution is 14.1. The highest BCUT2D eigenvalue weighted by atomic mass is 127. The predicted octanol–water partition coefficient (Wildman–Crippen LogP) is 0.156. The van der Waals surface area contributed by atoms with Gasteiger partial charge in [0.15, 0.2) is 0 Å². The summed E-state index contributed by atoms with van der Waals surface area (Å²) in [5.74, 6) is 0. The second-order valence-corrected chi connectivity index (χ2v) is 4.06. The summed E-state index contributed by atoms with van der Waals surface area (Å²) in [7, 11) is 0. The van der Waals surface area contributed by atoms with Gasteiger partial charge in [0.2, 0.25) is 0 Å². The van der Waals surface area contributed by atoms with E-state index < -0.39 is 20.7 Å². The lowest BCUT2D eigenvalue weighted by atomic mass is 10.1. The van der Waals surface area contributed by atoms with Crippen molar-refractivity contribution in [1.82, 2.24) is 0 Å². The van der Waals surface area contributed by atoms with Crippen molar-refractivity contribution < 1.29 is 15.1 Å². The molecule has 0 aromatic rings. The highest BCUT2D eigenvalue weighted by Gasteiger charge is 2.49. The van der Waals surface area contributed by atoms with Gasteiger partial charge in [-0.2, -0.15) is 0 Å². The van der Waals surface area contributed by atoms with E-state index in [1.54, 1.807) is 0 Å². The summed E-state index contributed by atoms with van der Waals surface area (Å²) in [5.41, 5.74) is 0. The number of alkyl halides is 1. The van der Waals surface area contributed by atoms with Crippen LogP contribution in [0, 0.1) is 10.1 Å². The van der Waals surface area contributed by atoms with Gasteiger partial charge in [-0.1, -0.05) is 0 Å². The molecule has 66 valence electrons. The lowest BCUT2D eigenvalue weighted by Gasteiger charge is -2.24. The van der Waals surface area contributed by atoms with Gasteiger partial charge in [-0.15, -0.1) is 0 Å². The molecular weight excluding hydrogens is 265 g/mol. The van der Waals surface area contributed by atoms with Crippen LogP contribution in [0.1, 0.15) is 13.8 Å². The van der Waals surface area contributed by atoms with Crippen LogP contribution in [0.15, 0.2) is 0 Å². The summed E-state index contributed by atoms with van der Waals surface area (Å²) in [6.45, 7) is 2.56. The van der Waals surface area contributed by atoms with E-state index in [9.17, 15) is 10.1 Å². The van der Waals surface area contributed by atoms with E-state index in [-0.39, 0.29) is 0 Å². The number of nitrogens with zero attached hydrogens (tertiary/aromatic N) is 1. The van der Waals surface area contributed by atoms with Gasteiger partial charge in [0.25, 0.3) is 0 Å². The minimum Gasteiger partial charge on any atom is -0.385 e. The van der Waals surface area contributed by atoms with Crippen LogP contribution in [0.2, 0.25) is 0 Å². The van der Waals surface area contributed by atoms with Crippen molar-refractivity contribution in [2.75, 3.05) is 0 Å². The molecule has 0 radical (unpaired) electrons. The number of hydrogen-bond acceptors (Lipinski definition) is 4. The Kier molecular flexibility index (Phi) is 3.65. The fraction of sp³-hybridized carbons (Fsp3) is 1.00. The Morgan fingerprint density at radius 3 is 1.73 bits per heavy atom. The average Bonchev–Trinajstić information content (AvgIpc) is 1.84. The van der Waals surface area contributed by atoms with Crippen LogP contribution in [0.4, 0.5) is 0 Å². The molecule has 0 heterocycles. The van der Waals surface area contributed by atoms with Crippen LogP contribution in [-0.4, -0.2) is 30.9 Å². The van der Waals surface area contributed by atoms with Crippen LogP contribution < -0.4 is 0 Å². The van der Waals surface area contributed by atoms with Crippen molar-refractivity contribution in [3.05, 3.63) is 10.1 Å². The molecular formula is C5H10INO4. The summed E-state index contributed by atoms with van der Waals surface area (Å²) < 4.78 is -1.70. The molecule has 0 bridgehead atoms. The Labute approximate surface area is 77.7 Å². The van der Waals surface area contributed by atoms with E-state index in [1.165, 1.54) is 36.4 Å². The third-order valence-corrected chi connectivity index (χ3v) is 3.65. The average molecular weight is 275 g/mol. The zero-order valence-corrected chi connectivity index (χ0v) is 8.35. The molecule has 0 aliphatic carbocycles. The minimum atomic E-state index is -1.70. The molecule has 0 aliphatic heterocycles. The van der Waals surface area contributed by atoms with Gasteiger partial charge >= 0.3 is 3.55 Å². The van der Waals surface area contributed by atoms with Gasteiger partial charge in [0.1, 0.15) is 12.2 Å². The second-order valence-electron chi connectivity index (χ2n) is 2.34. The molecule has 5 nitrogen and oxygen atoms in total. The lowest BCUT2D eigenvalue weighted by Crippen LogP contribution is -2.50. The summed E-state index contributed by atoms with van der Waals surface area (Å²) >= 11 is 1.45. The Bertz CT molecular complexity index is 151. The molecule has 0 spiro atoms. The SMILES string of the molecule is CC(O)C(I)(C(C)O)[N+](=O)[O-]. The van der Waals surface area contributed by atoms with Crippen molar-refractivity contribution in [2.45, 2.75) is 29.6 Å². The zero-order chi connectivity index (χ0) is 9.23. The molecule has 2 atom stereocenters.